The monoisotopic (exact) mass is 1050 g/mol. The summed E-state index contributed by atoms with van der Waals surface area (Å²) in [6, 6.07) is -2.20. The van der Waals surface area contributed by atoms with Gasteiger partial charge in [0.05, 0.1) is 42.2 Å². The van der Waals surface area contributed by atoms with Gasteiger partial charge in [-0.3, -0.25) is 19.2 Å². The fraction of sp³-hybridized carbons (Fsp3) is 0.750. The SMILES string of the molecule is COC1C(=O)C(C)CC/C=C/C=C/C=C(\C)C(NS(C)(=O)=O)C[C@H]2CC[C@H](C)[C@](O)(O2)C(=O)C(=O)N(C)C(C)C(=O)OC([C@H](C)C[C@@H]2CC[C@@H](OC3CCS(=O)(=O)C3)[C@H](OC)C2)CC(=O)C(C)/C=C(\C)C1O. The standard InChI is InChI=1S/C52H82N2O16S2/c1-31-17-15-13-12-14-16-18-32(2)46(56)48(67-10)47(57)35(5)25-33(3)42(55)29-44(34(4)26-38-20-22-43(45(27-38)66-9)68-40-23-24-72(64,65)30-40)69-51(60)37(7)54(8)50(59)49(58)52(61)36(6)19-21-39(70-52)28-41(31)53-71(11,62)63/h12-15,17,25,32-34,36-41,43-45,47-48,53,57,61H,16,18-24,26-30H2,1-11H3/b14-12+,15-13+,31-17+,35-25+/t32?,33?,34-,36+,37?,38+,39-,40?,41?,43-,44?,45-,47?,48?,52+/m1/s1. The number of nitrogens with one attached hydrogen (secondary N) is 1. The maximum Gasteiger partial charge on any atom is 0.328 e. The quantitative estimate of drug-likeness (QED) is 0.163. The number of hydrogen-bond acceptors (Lipinski definition) is 16. The summed E-state index contributed by atoms with van der Waals surface area (Å²) < 4.78 is 81.7. The summed E-state index contributed by atoms with van der Waals surface area (Å²) in [5.74, 6) is -9.22. The maximum absolute atomic E-state index is 14.1. The van der Waals surface area contributed by atoms with E-state index in [1.54, 1.807) is 72.1 Å². The van der Waals surface area contributed by atoms with Crippen LogP contribution in [0.2, 0.25) is 0 Å². The minimum atomic E-state index is -3.75. The Bertz CT molecular complexity index is 2260. The number of esters is 1. The molecule has 2 bridgehead atoms. The number of allylic oxidation sites excluding steroid dienone is 6. The predicted octanol–water partition coefficient (Wildman–Crippen LogP) is 4.51. The minimum Gasteiger partial charge on any atom is -0.460 e. The normalized spacial score (nSPS) is 38.8. The van der Waals surface area contributed by atoms with Crippen molar-refractivity contribution in [2.45, 2.75) is 180 Å². The number of rotatable bonds is 9. The lowest BCUT2D eigenvalue weighted by Gasteiger charge is -2.42. The van der Waals surface area contributed by atoms with Crippen LogP contribution in [-0.4, -0.2) is 161 Å². The number of sulfonamides is 1. The van der Waals surface area contributed by atoms with Crippen molar-refractivity contribution >= 4 is 49.1 Å². The van der Waals surface area contributed by atoms with Crippen molar-refractivity contribution in [2.24, 2.45) is 29.6 Å². The van der Waals surface area contributed by atoms with Gasteiger partial charge in [0.15, 0.2) is 15.6 Å². The highest BCUT2D eigenvalue weighted by Crippen LogP contribution is 2.38. The van der Waals surface area contributed by atoms with Gasteiger partial charge in [0, 0.05) is 51.5 Å². The topological polar surface area (TPSA) is 256 Å². The highest BCUT2D eigenvalue weighted by Gasteiger charge is 2.52. The van der Waals surface area contributed by atoms with Crippen LogP contribution in [0.5, 0.6) is 0 Å². The zero-order chi connectivity index (χ0) is 53.9. The van der Waals surface area contributed by atoms with Crippen LogP contribution >= 0.6 is 0 Å². The Morgan fingerprint density at radius 1 is 0.917 bits per heavy atom. The van der Waals surface area contributed by atoms with E-state index in [4.69, 9.17) is 23.7 Å². The van der Waals surface area contributed by atoms with E-state index in [9.17, 15) is 51.0 Å². The summed E-state index contributed by atoms with van der Waals surface area (Å²) in [5, 5.41) is 23.3. The van der Waals surface area contributed by atoms with Crippen molar-refractivity contribution in [3.05, 3.63) is 47.6 Å². The number of cyclic esters (lactones) is 1. The second-order valence-corrected chi connectivity index (χ2v) is 24.9. The van der Waals surface area contributed by atoms with Gasteiger partial charge in [0.2, 0.25) is 15.8 Å². The highest BCUT2D eigenvalue weighted by atomic mass is 32.2. The summed E-state index contributed by atoms with van der Waals surface area (Å²) in [5.41, 5.74) is 0.932. The summed E-state index contributed by atoms with van der Waals surface area (Å²) in [4.78, 5) is 70.8. The zero-order valence-electron chi connectivity index (χ0n) is 44.1. The fourth-order valence-electron chi connectivity index (χ4n) is 10.1. The van der Waals surface area contributed by atoms with E-state index in [2.05, 4.69) is 4.72 Å². The van der Waals surface area contributed by atoms with Gasteiger partial charge in [0.1, 0.15) is 30.1 Å². The number of sulfone groups is 1. The van der Waals surface area contributed by atoms with E-state index in [-0.39, 0.29) is 60.5 Å². The first kappa shape index (κ1) is 61.1. The lowest BCUT2D eigenvalue weighted by molar-refractivity contribution is -0.263. The van der Waals surface area contributed by atoms with Gasteiger partial charge in [-0.2, -0.15) is 0 Å². The number of amides is 1. The van der Waals surface area contributed by atoms with Crippen molar-refractivity contribution in [3.63, 3.8) is 0 Å². The number of nitrogens with zero attached hydrogens (tertiary/aromatic N) is 1. The molecule has 408 valence electrons. The molecule has 2 saturated heterocycles. The second-order valence-electron chi connectivity index (χ2n) is 20.9. The molecule has 1 amide bonds. The predicted molar refractivity (Wildman–Crippen MR) is 270 cm³/mol. The van der Waals surface area contributed by atoms with Crippen molar-refractivity contribution in [2.75, 3.05) is 39.0 Å². The molecule has 1 saturated carbocycles. The Kier molecular flexibility index (Phi) is 22.8. The Balaban J connectivity index is 1.65. The molecule has 3 N–H and O–H groups in total. The van der Waals surface area contributed by atoms with Crippen LogP contribution in [0.1, 0.15) is 119 Å². The van der Waals surface area contributed by atoms with E-state index < -0.39 is 110 Å². The molecule has 0 spiro atoms. The summed E-state index contributed by atoms with van der Waals surface area (Å²) >= 11 is 0. The number of methoxy groups -OCH3 is 2. The van der Waals surface area contributed by atoms with Crippen molar-refractivity contribution in [3.8, 4) is 0 Å². The van der Waals surface area contributed by atoms with Crippen LogP contribution in [0.25, 0.3) is 0 Å². The van der Waals surface area contributed by atoms with Gasteiger partial charge in [-0.05, 0) is 102 Å². The number of likely N-dealkylation sites (N-methyl/N-ethyl adjacent to an activating group) is 1. The van der Waals surface area contributed by atoms with E-state index in [1.807, 2.05) is 13.0 Å². The number of aliphatic hydroxyl groups excluding tert-OH is 1. The number of carbonyl (C=O) groups excluding carboxylic acids is 5. The maximum atomic E-state index is 14.1. The molecule has 4 rings (SSSR count). The Hall–Kier alpha value is -3.47. The van der Waals surface area contributed by atoms with Crippen LogP contribution in [0.15, 0.2) is 47.6 Å². The summed E-state index contributed by atoms with van der Waals surface area (Å²) in [6.45, 7) is 11.5. The third kappa shape index (κ3) is 17.0. The van der Waals surface area contributed by atoms with E-state index >= 15 is 0 Å². The molecule has 0 radical (unpaired) electrons. The highest BCUT2D eigenvalue weighted by molar-refractivity contribution is 7.91. The smallest absolute Gasteiger partial charge is 0.328 e. The molecule has 18 nitrogen and oxygen atoms in total. The van der Waals surface area contributed by atoms with E-state index in [0.717, 1.165) is 11.2 Å². The van der Waals surface area contributed by atoms with Crippen LogP contribution in [0, 0.1) is 29.6 Å². The van der Waals surface area contributed by atoms with Gasteiger partial charge in [0.25, 0.3) is 11.7 Å². The number of ketones is 3. The first-order chi connectivity index (χ1) is 33.6. The summed E-state index contributed by atoms with van der Waals surface area (Å²) in [6.07, 6.45) is 9.96. The van der Waals surface area contributed by atoms with Crippen molar-refractivity contribution in [1.82, 2.24) is 9.62 Å². The number of ether oxygens (including phenoxy) is 5. The van der Waals surface area contributed by atoms with Gasteiger partial charge in [-0.1, -0.05) is 69.7 Å². The van der Waals surface area contributed by atoms with Gasteiger partial charge >= 0.3 is 5.97 Å². The average Bonchev–Trinajstić information content (AvgIpc) is 3.67. The first-order valence-electron chi connectivity index (χ1n) is 25.3. The molecule has 3 fully saturated rings. The van der Waals surface area contributed by atoms with Gasteiger partial charge in [-0.15, -0.1) is 0 Å². The molecule has 3 aliphatic heterocycles. The molecular weight excluding hydrogens is 973 g/mol. The number of fused-ring (bicyclic) bond motifs is 2. The van der Waals surface area contributed by atoms with Crippen LogP contribution in [0.4, 0.5) is 0 Å². The molecule has 0 aromatic heterocycles. The zero-order valence-corrected chi connectivity index (χ0v) is 45.7. The molecule has 0 aromatic rings. The third-order valence-corrected chi connectivity index (χ3v) is 17.5. The Labute approximate surface area is 427 Å². The molecule has 15 atom stereocenters. The number of aliphatic hydroxyl groups is 2. The van der Waals surface area contributed by atoms with Crippen molar-refractivity contribution < 1.29 is 74.7 Å². The van der Waals surface area contributed by atoms with Gasteiger partial charge < -0.3 is 38.8 Å². The third-order valence-electron chi connectivity index (χ3n) is 15.1. The van der Waals surface area contributed by atoms with E-state index in [0.29, 0.717) is 62.5 Å². The molecular formula is C52H82N2O16S2. The van der Waals surface area contributed by atoms with Gasteiger partial charge in [-0.25, -0.2) is 26.4 Å². The summed E-state index contributed by atoms with van der Waals surface area (Å²) in [7, 11) is -2.77. The number of Topliss-reactive ketones (excluding diaryl/α,β-unsaturated/α-hetero) is 3. The average molecular weight is 1060 g/mol. The largest absolute Gasteiger partial charge is 0.460 e. The van der Waals surface area contributed by atoms with Crippen LogP contribution < -0.4 is 4.72 Å². The minimum absolute atomic E-state index is 0.0113. The number of hydrogen-bond donors (Lipinski definition) is 3. The first-order valence-corrected chi connectivity index (χ1v) is 29.1. The molecule has 3 heterocycles. The second kappa shape index (κ2) is 26.8. The lowest BCUT2D eigenvalue weighted by Crippen LogP contribution is -2.59. The van der Waals surface area contributed by atoms with Crippen LogP contribution in [0.3, 0.4) is 0 Å². The lowest BCUT2D eigenvalue weighted by atomic mass is 9.78. The molecule has 0 aromatic carbocycles. The molecule has 72 heavy (non-hydrogen) atoms. The Morgan fingerprint density at radius 3 is 2.24 bits per heavy atom. The molecule has 20 heteroatoms. The Morgan fingerprint density at radius 2 is 1.61 bits per heavy atom. The van der Waals surface area contributed by atoms with Crippen molar-refractivity contribution in [1.29, 1.82) is 0 Å². The fourth-order valence-corrected chi connectivity index (χ4v) is 12.5. The molecule has 8 unspecified atom stereocenters. The molecule has 4 aliphatic rings. The molecule has 1 aliphatic carbocycles. The number of carbonyl (C=O) groups is 5. The van der Waals surface area contributed by atoms with Crippen LogP contribution in [-0.2, 0) is 67.5 Å². The van der Waals surface area contributed by atoms with E-state index in [1.165, 1.54) is 21.1 Å².